The summed E-state index contributed by atoms with van der Waals surface area (Å²) in [4.78, 5) is 6.67. The predicted octanol–water partition coefficient (Wildman–Crippen LogP) is 2.19. The van der Waals surface area contributed by atoms with Gasteiger partial charge in [-0.3, -0.25) is 4.72 Å². The SMILES string of the molecule is SSNC1CCN(c2nccs2)CC1. The van der Waals surface area contributed by atoms with Crippen molar-refractivity contribution in [3.63, 3.8) is 0 Å². The first-order valence-electron chi connectivity index (χ1n) is 4.60. The Balaban J connectivity index is 1.84. The molecule has 1 saturated heterocycles. The van der Waals surface area contributed by atoms with Gasteiger partial charge in [-0.05, 0) is 23.8 Å². The minimum atomic E-state index is 0.605. The number of aromatic nitrogens is 1. The van der Waals surface area contributed by atoms with Gasteiger partial charge in [-0.25, -0.2) is 4.98 Å². The van der Waals surface area contributed by atoms with Gasteiger partial charge in [0.15, 0.2) is 5.13 Å². The third kappa shape index (κ3) is 2.56. The van der Waals surface area contributed by atoms with E-state index >= 15 is 0 Å². The van der Waals surface area contributed by atoms with Gasteiger partial charge in [0.05, 0.1) is 0 Å². The number of thiazole rings is 1. The van der Waals surface area contributed by atoms with E-state index in [2.05, 4.69) is 26.3 Å². The Morgan fingerprint density at radius 3 is 2.93 bits per heavy atom. The monoisotopic (exact) mass is 247 g/mol. The van der Waals surface area contributed by atoms with Crippen LogP contribution < -0.4 is 9.62 Å². The van der Waals surface area contributed by atoms with Gasteiger partial charge in [-0.15, -0.1) is 11.3 Å². The molecule has 3 nitrogen and oxygen atoms in total. The topological polar surface area (TPSA) is 28.2 Å². The highest BCUT2D eigenvalue weighted by Crippen LogP contribution is 2.22. The normalized spacial score (nSPS) is 18.8. The van der Waals surface area contributed by atoms with Crippen molar-refractivity contribution < 1.29 is 0 Å². The van der Waals surface area contributed by atoms with Crippen molar-refractivity contribution >= 4 is 39.1 Å². The summed E-state index contributed by atoms with van der Waals surface area (Å²) in [6.07, 6.45) is 4.22. The molecule has 0 radical (unpaired) electrons. The minimum absolute atomic E-state index is 0.605. The second-order valence-corrected chi connectivity index (χ2v) is 5.12. The molecule has 0 aliphatic carbocycles. The summed E-state index contributed by atoms with van der Waals surface area (Å²) in [6.45, 7) is 2.19. The maximum absolute atomic E-state index is 4.31. The Morgan fingerprint density at radius 2 is 2.36 bits per heavy atom. The molecule has 14 heavy (non-hydrogen) atoms. The van der Waals surface area contributed by atoms with Crippen LogP contribution in [0.2, 0.25) is 0 Å². The fourth-order valence-electron chi connectivity index (χ4n) is 1.64. The highest BCUT2D eigenvalue weighted by molar-refractivity contribution is 8.67. The molecular formula is C8H13N3S3. The summed E-state index contributed by atoms with van der Waals surface area (Å²) in [5.74, 6) is 0. The van der Waals surface area contributed by atoms with Crippen LogP contribution in [0.25, 0.3) is 0 Å². The third-order valence-corrected chi connectivity index (χ3v) is 3.99. The summed E-state index contributed by atoms with van der Waals surface area (Å²) in [5, 5.41) is 3.19. The molecule has 1 aliphatic rings. The second kappa shape index (κ2) is 5.25. The van der Waals surface area contributed by atoms with Crippen LogP contribution >= 0.6 is 34.0 Å². The van der Waals surface area contributed by atoms with Crippen LogP contribution in [0.1, 0.15) is 12.8 Å². The van der Waals surface area contributed by atoms with E-state index in [9.17, 15) is 0 Å². The van der Waals surface area contributed by atoms with Gasteiger partial charge in [0.1, 0.15) is 0 Å². The maximum atomic E-state index is 4.31. The number of nitrogens with one attached hydrogen (secondary N) is 1. The van der Waals surface area contributed by atoms with Crippen molar-refractivity contribution in [2.45, 2.75) is 18.9 Å². The summed E-state index contributed by atoms with van der Waals surface area (Å²) in [6, 6.07) is 0.605. The smallest absolute Gasteiger partial charge is 0.185 e. The predicted molar refractivity (Wildman–Crippen MR) is 67.1 cm³/mol. The van der Waals surface area contributed by atoms with Gasteiger partial charge in [0.2, 0.25) is 0 Å². The Kier molecular flexibility index (Phi) is 3.98. The van der Waals surface area contributed by atoms with Crippen LogP contribution in [0, 0.1) is 0 Å². The van der Waals surface area contributed by atoms with Crippen LogP contribution in [0.15, 0.2) is 11.6 Å². The largest absolute Gasteiger partial charge is 0.348 e. The first-order chi connectivity index (χ1) is 6.90. The van der Waals surface area contributed by atoms with Crippen LogP contribution in [0.3, 0.4) is 0 Å². The first kappa shape index (κ1) is 10.6. The number of thiol groups is 1. The van der Waals surface area contributed by atoms with Gasteiger partial charge >= 0.3 is 0 Å². The van der Waals surface area contributed by atoms with E-state index < -0.39 is 0 Å². The second-order valence-electron chi connectivity index (χ2n) is 3.29. The molecular weight excluding hydrogens is 234 g/mol. The average Bonchev–Trinajstić information content (AvgIpc) is 2.72. The van der Waals surface area contributed by atoms with Crippen LogP contribution in [0.5, 0.6) is 0 Å². The number of anilines is 1. The van der Waals surface area contributed by atoms with Crippen molar-refractivity contribution in [2.75, 3.05) is 18.0 Å². The van der Waals surface area contributed by atoms with Crippen molar-refractivity contribution in [1.29, 1.82) is 0 Å². The Bertz CT molecular complexity index is 257. The standard InChI is InChI=1S/C8H13N3S3/c12-14-10-7-1-4-11(5-2-7)8-9-3-6-13-8/h3,6-7,10,12H,1-2,4-5H2. The lowest BCUT2D eigenvalue weighted by Crippen LogP contribution is -2.40. The number of nitrogens with zero attached hydrogens (tertiary/aromatic N) is 2. The zero-order valence-corrected chi connectivity index (χ0v) is 10.2. The molecule has 0 atom stereocenters. The fraction of sp³-hybridized carbons (Fsp3) is 0.625. The van der Waals surface area contributed by atoms with Gasteiger partial charge in [0.25, 0.3) is 0 Å². The fourth-order valence-corrected chi connectivity index (χ4v) is 3.16. The van der Waals surface area contributed by atoms with E-state index in [1.54, 1.807) is 11.3 Å². The van der Waals surface area contributed by atoms with Gasteiger partial charge in [-0.1, -0.05) is 11.7 Å². The van der Waals surface area contributed by atoms with Gasteiger partial charge in [-0.2, -0.15) is 0 Å². The molecule has 1 aromatic heterocycles. The lowest BCUT2D eigenvalue weighted by Gasteiger charge is -2.31. The van der Waals surface area contributed by atoms with E-state index in [1.165, 1.54) is 23.8 Å². The Hall–Kier alpha value is 0.0900. The highest BCUT2D eigenvalue weighted by atomic mass is 33.1. The minimum Gasteiger partial charge on any atom is -0.348 e. The van der Waals surface area contributed by atoms with Crippen LogP contribution in [-0.2, 0) is 0 Å². The summed E-state index contributed by atoms with van der Waals surface area (Å²) < 4.78 is 3.29. The molecule has 1 aromatic rings. The third-order valence-electron chi connectivity index (χ3n) is 2.40. The number of hydrogen-bond acceptors (Lipinski definition) is 6. The van der Waals surface area contributed by atoms with E-state index in [1.807, 2.05) is 11.6 Å². The maximum Gasteiger partial charge on any atom is 0.185 e. The molecule has 0 amide bonds. The zero-order chi connectivity index (χ0) is 9.80. The molecule has 0 spiro atoms. The molecule has 2 heterocycles. The first-order valence-corrected chi connectivity index (χ1v) is 7.35. The van der Waals surface area contributed by atoms with E-state index in [0.29, 0.717) is 6.04 Å². The molecule has 0 saturated carbocycles. The lowest BCUT2D eigenvalue weighted by atomic mass is 10.1. The molecule has 78 valence electrons. The van der Waals surface area contributed by atoms with Gasteiger partial charge in [0, 0.05) is 30.7 Å². The molecule has 2 rings (SSSR count). The van der Waals surface area contributed by atoms with E-state index in [-0.39, 0.29) is 0 Å². The number of hydrogen-bond donors (Lipinski definition) is 2. The van der Waals surface area contributed by atoms with E-state index in [0.717, 1.165) is 18.2 Å². The Morgan fingerprint density at radius 1 is 1.57 bits per heavy atom. The van der Waals surface area contributed by atoms with Crippen LogP contribution in [-0.4, -0.2) is 24.1 Å². The molecule has 1 aliphatic heterocycles. The van der Waals surface area contributed by atoms with Crippen molar-refractivity contribution in [2.24, 2.45) is 0 Å². The summed E-state index contributed by atoms with van der Waals surface area (Å²) in [7, 11) is 1.42. The zero-order valence-electron chi connectivity index (χ0n) is 7.72. The van der Waals surface area contributed by atoms with Gasteiger partial charge < -0.3 is 4.90 Å². The van der Waals surface area contributed by atoms with Crippen molar-refractivity contribution in [3.05, 3.63) is 11.6 Å². The molecule has 1 N–H and O–H groups in total. The van der Waals surface area contributed by atoms with Crippen molar-refractivity contribution in [1.82, 2.24) is 9.71 Å². The summed E-state index contributed by atoms with van der Waals surface area (Å²) in [5.41, 5.74) is 0. The number of piperidine rings is 1. The Labute approximate surface area is 97.2 Å². The molecule has 0 aromatic carbocycles. The average molecular weight is 247 g/mol. The number of rotatable bonds is 3. The summed E-state index contributed by atoms with van der Waals surface area (Å²) >= 11 is 5.81. The quantitative estimate of drug-likeness (QED) is 0.486. The molecule has 0 unspecified atom stereocenters. The molecule has 1 fully saturated rings. The lowest BCUT2D eigenvalue weighted by molar-refractivity contribution is 0.479. The van der Waals surface area contributed by atoms with E-state index in [4.69, 9.17) is 0 Å². The molecule has 6 heteroatoms. The van der Waals surface area contributed by atoms with Crippen molar-refractivity contribution in [3.8, 4) is 0 Å². The van der Waals surface area contributed by atoms with Crippen LogP contribution in [0.4, 0.5) is 5.13 Å². The highest BCUT2D eigenvalue weighted by Gasteiger charge is 2.19. The molecule has 0 bridgehead atoms.